The SMILES string of the molecule is Clc1ccccc1C[NH2+]Cc1ccncc1. The first-order chi connectivity index (χ1) is 7.86. The molecular weight excluding hydrogens is 220 g/mol. The number of hydrogen-bond acceptors (Lipinski definition) is 1. The number of nitrogens with two attached hydrogens (primary N) is 1. The predicted octanol–water partition coefficient (Wildman–Crippen LogP) is 2.00. The Bertz CT molecular complexity index is 443. The van der Waals surface area contributed by atoms with Gasteiger partial charge in [0.05, 0.1) is 0 Å². The molecular formula is C13H14ClN2+. The Hall–Kier alpha value is -1.38. The molecule has 0 saturated carbocycles. The van der Waals surface area contributed by atoms with Crippen LogP contribution in [0.15, 0.2) is 48.8 Å². The molecule has 0 bridgehead atoms. The number of nitrogens with zero attached hydrogens (tertiary/aromatic N) is 1. The van der Waals surface area contributed by atoms with Crippen molar-refractivity contribution >= 4 is 11.6 Å². The van der Waals surface area contributed by atoms with Gasteiger partial charge in [-0.05, 0) is 18.2 Å². The van der Waals surface area contributed by atoms with Crippen LogP contribution in [0, 0.1) is 0 Å². The summed E-state index contributed by atoms with van der Waals surface area (Å²) in [7, 11) is 0. The zero-order chi connectivity index (χ0) is 11.2. The molecule has 2 rings (SSSR count). The van der Waals surface area contributed by atoms with Crippen LogP contribution in [-0.4, -0.2) is 4.98 Å². The van der Waals surface area contributed by atoms with E-state index in [1.807, 2.05) is 42.7 Å². The van der Waals surface area contributed by atoms with E-state index in [1.54, 1.807) is 0 Å². The van der Waals surface area contributed by atoms with Crippen molar-refractivity contribution in [2.75, 3.05) is 0 Å². The first kappa shape index (κ1) is 11.1. The average molecular weight is 234 g/mol. The predicted molar refractivity (Wildman–Crippen MR) is 65.0 cm³/mol. The Morgan fingerprint density at radius 2 is 1.75 bits per heavy atom. The maximum absolute atomic E-state index is 6.08. The highest BCUT2D eigenvalue weighted by Gasteiger charge is 2.00. The maximum atomic E-state index is 6.08. The van der Waals surface area contributed by atoms with Crippen molar-refractivity contribution in [1.82, 2.24) is 4.98 Å². The quantitative estimate of drug-likeness (QED) is 0.860. The smallest absolute Gasteiger partial charge is 0.103 e. The van der Waals surface area contributed by atoms with Gasteiger partial charge in [-0.1, -0.05) is 29.8 Å². The molecule has 2 N–H and O–H groups in total. The van der Waals surface area contributed by atoms with E-state index in [2.05, 4.69) is 16.4 Å². The molecule has 1 aromatic heterocycles. The number of halogens is 1. The van der Waals surface area contributed by atoms with Gasteiger partial charge in [-0.2, -0.15) is 0 Å². The van der Waals surface area contributed by atoms with E-state index < -0.39 is 0 Å². The van der Waals surface area contributed by atoms with Crippen molar-refractivity contribution in [3.8, 4) is 0 Å². The standard InChI is InChI=1S/C13H13ClN2/c14-13-4-2-1-3-12(13)10-16-9-11-5-7-15-8-6-11/h1-8,16H,9-10H2/p+1. The lowest BCUT2D eigenvalue weighted by Crippen LogP contribution is -2.80. The molecule has 0 amide bonds. The second-order valence-corrected chi connectivity index (χ2v) is 4.05. The summed E-state index contributed by atoms with van der Waals surface area (Å²) in [5, 5.41) is 3.07. The fourth-order valence-corrected chi connectivity index (χ4v) is 1.79. The lowest BCUT2D eigenvalue weighted by Gasteiger charge is -2.03. The van der Waals surface area contributed by atoms with Gasteiger partial charge in [0.1, 0.15) is 13.1 Å². The van der Waals surface area contributed by atoms with Crippen LogP contribution >= 0.6 is 11.6 Å². The van der Waals surface area contributed by atoms with Gasteiger partial charge in [0.25, 0.3) is 0 Å². The van der Waals surface area contributed by atoms with Gasteiger partial charge in [0.2, 0.25) is 0 Å². The zero-order valence-corrected chi connectivity index (χ0v) is 9.69. The van der Waals surface area contributed by atoms with Gasteiger partial charge in [-0.25, -0.2) is 0 Å². The topological polar surface area (TPSA) is 29.5 Å². The van der Waals surface area contributed by atoms with E-state index in [4.69, 9.17) is 11.6 Å². The number of benzene rings is 1. The number of quaternary nitrogens is 1. The molecule has 1 heterocycles. The van der Waals surface area contributed by atoms with Gasteiger partial charge in [-0.15, -0.1) is 0 Å². The molecule has 16 heavy (non-hydrogen) atoms. The van der Waals surface area contributed by atoms with Crippen LogP contribution in [0.25, 0.3) is 0 Å². The van der Waals surface area contributed by atoms with E-state index in [0.717, 1.165) is 18.1 Å². The molecule has 1 aromatic carbocycles. The van der Waals surface area contributed by atoms with E-state index in [1.165, 1.54) is 11.1 Å². The molecule has 0 aliphatic rings. The highest BCUT2D eigenvalue weighted by Crippen LogP contribution is 2.12. The first-order valence-electron chi connectivity index (χ1n) is 5.30. The van der Waals surface area contributed by atoms with Crippen molar-refractivity contribution in [2.24, 2.45) is 0 Å². The molecule has 0 unspecified atom stereocenters. The Morgan fingerprint density at radius 3 is 2.50 bits per heavy atom. The molecule has 2 nitrogen and oxygen atoms in total. The largest absolute Gasteiger partial charge is 0.339 e. The highest BCUT2D eigenvalue weighted by atomic mass is 35.5. The molecule has 3 heteroatoms. The summed E-state index contributed by atoms with van der Waals surface area (Å²) in [6.07, 6.45) is 3.64. The van der Waals surface area contributed by atoms with Gasteiger partial charge >= 0.3 is 0 Å². The molecule has 82 valence electrons. The van der Waals surface area contributed by atoms with Crippen molar-refractivity contribution in [2.45, 2.75) is 13.1 Å². The summed E-state index contributed by atoms with van der Waals surface area (Å²) in [6, 6.07) is 12.0. The van der Waals surface area contributed by atoms with Crippen LogP contribution in [0.2, 0.25) is 5.02 Å². The number of pyridine rings is 1. The summed E-state index contributed by atoms with van der Waals surface area (Å²) < 4.78 is 0. The summed E-state index contributed by atoms with van der Waals surface area (Å²) >= 11 is 6.08. The second-order valence-electron chi connectivity index (χ2n) is 3.64. The second kappa shape index (κ2) is 5.64. The van der Waals surface area contributed by atoms with Crippen LogP contribution in [0.4, 0.5) is 0 Å². The number of aromatic nitrogens is 1. The van der Waals surface area contributed by atoms with Gasteiger partial charge in [0.15, 0.2) is 0 Å². The van der Waals surface area contributed by atoms with Crippen molar-refractivity contribution < 1.29 is 5.32 Å². The average Bonchev–Trinajstić information content (AvgIpc) is 2.33. The van der Waals surface area contributed by atoms with E-state index in [9.17, 15) is 0 Å². The van der Waals surface area contributed by atoms with E-state index in [0.29, 0.717) is 0 Å². The third kappa shape index (κ3) is 3.05. The third-order valence-electron chi connectivity index (χ3n) is 2.45. The molecule has 0 aliphatic heterocycles. The molecule has 0 fully saturated rings. The minimum atomic E-state index is 0.841. The van der Waals surface area contributed by atoms with Crippen LogP contribution in [0.1, 0.15) is 11.1 Å². The van der Waals surface area contributed by atoms with Crippen LogP contribution in [0.5, 0.6) is 0 Å². The summed E-state index contributed by atoms with van der Waals surface area (Å²) in [5.41, 5.74) is 2.46. The lowest BCUT2D eigenvalue weighted by atomic mass is 10.2. The molecule has 2 aromatic rings. The minimum absolute atomic E-state index is 0.841. The van der Waals surface area contributed by atoms with E-state index >= 15 is 0 Å². The monoisotopic (exact) mass is 233 g/mol. The van der Waals surface area contributed by atoms with Crippen molar-refractivity contribution in [1.29, 1.82) is 0 Å². The third-order valence-corrected chi connectivity index (χ3v) is 2.82. The normalized spacial score (nSPS) is 10.3. The maximum Gasteiger partial charge on any atom is 0.103 e. The number of rotatable bonds is 4. The Labute approximate surface area is 100 Å². The zero-order valence-electron chi connectivity index (χ0n) is 8.94. The minimum Gasteiger partial charge on any atom is -0.339 e. The molecule has 0 atom stereocenters. The first-order valence-corrected chi connectivity index (χ1v) is 5.68. The van der Waals surface area contributed by atoms with Gasteiger partial charge < -0.3 is 5.32 Å². The lowest BCUT2D eigenvalue weighted by molar-refractivity contribution is -0.686. The van der Waals surface area contributed by atoms with Crippen molar-refractivity contribution in [3.63, 3.8) is 0 Å². The highest BCUT2D eigenvalue weighted by molar-refractivity contribution is 6.31. The van der Waals surface area contributed by atoms with Gasteiger partial charge in [-0.3, -0.25) is 4.98 Å². The fraction of sp³-hybridized carbons (Fsp3) is 0.154. The van der Waals surface area contributed by atoms with Crippen molar-refractivity contribution in [3.05, 3.63) is 64.9 Å². The Morgan fingerprint density at radius 1 is 1.00 bits per heavy atom. The molecule has 0 saturated heterocycles. The van der Waals surface area contributed by atoms with Crippen LogP contribution in [0.3, 0.4) is 0 Å². The molecule has 0 aliphatic carbocycles. The van der Waals surface area contributed by atoms with Crippen LogP contribution in [-0.2, 0) is 13.1 Å². The van der Waals surface area contributed by atoms with E-state index in [-0.39, 0.29) is 0 Å². The number of hydrogen-bond donors (Lipinski definition) is 1. The molecule has 0 radical (unpaired) electrons. The summed E-state index contributed by atoms with van der Waals surface area (Å²) in [5.74, 6) is 0. The summed E-state index contributed by atoms with van der Waals surface area (Å²) in [4.78, 5) is 3.99. The molecule has 0 spiro atoms. The van der Waals surface area contributed by atoms with Gasteiger partial charge in [0, 0.05) is 28.5 Å². The fourth-order valence-electron chi connectivity index (χ4n) is 1.58. The Kier molecular flexibility index (Phi) is 3.91. The Balaban J connectivity index is 1.87. The summed E-state index contributed by atoms with van der Waals surface area (Å²) in [6.45, 7) is 1.86. The van der Waals surface area contributed by atoms with Crippen LogP contribution < -0.4 is 5.32 Å².